The fourth-order valence-corrected chi connectivity index (χ4v) is 4.09. The van der Waals surface area contributed by atoms with Gasteiger partial charge in [-0.25, -0.2) is 19.2 Å². The van der Waals surface area contributed by atoms with Crippen molar-refractivity contribution >= 4 is 40.0 Å². The van der Waals surface area contributed by atoms with Crippen LogP contribution >= 0.6 is 11.6 Å². The van der Waals surface area contributed by atoms with Gasteiger partial charge in [-0.2, -0.15) is 0 Å². The number of fused-ring (bicyclic) bond motifs is 1. The van der Waals surface area contributed by atoms with Crippen LogP contribution in [-0.4, -0.2) is 67.0 Å². The van der Waals surface area contributed by atoms with Crippen LogP contribution in [0.5, 0.6) is 11.5 Å². The van der Waals surface area contributed by atoms with Crippen molar-refractivity contribution in [1.29, 1.82) is 0 Å². The van der Waals surface area contributed by atoms with E-state index in [-0.39, 0.29) is 23.3 Å². The van der Waals surface area contributed by atoms with Gasteiger partial charge in [0.1, 0.15) is 24.1 Å². The number of carbonyl (C=O) groups excluding carboxylic acids is 1. The highest BCUT2D eigenvalue weighted by Crippen LogP contribution is 2.36. The van der Waals surface area contributed by atoms with Crippen LogP contribution in [0.2, 0.25) is 5.02 Å². The third-order valence-corrected chi connectivity index (χ3v) is 6.36. The van der Waals surface area contributed by atoms with E-state index in [0.29, 0.717) is 66.4 Å². The molecule has 2 aromatic carbocycles. The lowest BCUT2D eigenvalue weighted by atomic mass is 10.1. The number of nitrogens with one attached hydrogen (secondary N) is 2. The number of anilines is 2. The monoisotopic (exact) mass is 517 g/mol. The number of halogens is 2. The molecule has 9 nitrogen and oxygen atoms in total. The summed E-state index contributed by atoms with van der Waals surface area (Å²) in [6, 6.07) is 7.87. The second kappa shape index (κ2) is 11.6. The predicted molar refractivity (Wildman–Crippen MR) is 136 cm³/mol. The highest BCUT2D eigenvalue weighted by atomic mass is 35.5. The zero-order valence-corrected chi connectivity index (χ0v) is 21.1. The first-order valence-corrected chi connectivity index (χ1v) is 12.0. The summed E-state index contributed by atoms with van der Waals surface area (Å²) in [5.74, 6) is 1.12. The average Bonchev–Trinajstić information content (AvgIpc) is 2.89. The lowest BCUT2D eigenvalue weighted by molar-refractivity contribution is 0.0991. The van der Waals surface area contributed by atoms with Crippen LogP contribution < -0.4 is 20.1 Å². The van der Waals surface area contributed by atoms with Gasteiger partial charge in [0.25, 0.3) is 0 Å². The number of amides is 2. The number of piperidine rings is 1. The van der Waals surface area contributed by atoms with Gasteiger partial charge < -0.3 is 29.7 Å². The van der Waals surface area contributed by atoms with Crippen LogP contribution in [0, 0.1) is 5.82 Å². The van der Waals surface area contributed by atoms with E-state index in [1.165, 1.54) is 18.5 Å². The van der Waals surface area contributed by atoms with Gasteiger partial charge in [-0.05, 0) is 31.2 Å². The van der Waals surface area contributed by atoms with E-state index in [9.17, 15) is 9.18 Å². The van der Waals surface area contributed by atoms with Gasteiger partial charge >= 0.3 is 6.03 Å². The Morgan fingerprint density at radius 1 is 1.19 bits per heavy atom. The molecule has 2 amide bonds. The molecule has 2 heterocycles. The number of rotatable bonds is 8. The molecule has 3 aromatic rings. The van der Waals surface area contributed by atoms with Crippen molar-refractivity contribution in [2.24, 2.45) is 0 Å². The zero-order chi connectivity index (χ0) is 25.7. The van der Waals surface area contributed by atoms with Crippen LogP contribution in [0.25, 0.3) is 10.9 Å². The topological polar surface area (TPSA) is 97.8 Å². The normalized spacial score (nSPS) is 15.0. The summed E-state index contributed by atoms with van der Waals surface area (Å²) in [6.45, 7) is 3.52. The van der Waals surface area contributed by atoms with Crippen molar-refractivity contribution in [1.82, 2.24) is 20.2 Å². The Hall–Kier alpha value is -3.37. The molecule has 1 unspecified atom stereocenters. The van der Waals surface area contributed by atoms with Gasteiger partial charge in [-0.3, -0.25) is 0 Å². The zero-order valence-electron chi connectivity index (χ0n) is 20.4. The van der Waals surface area contributed by atoms with Gasteiger partial charge in [-0.1, -0.05) is 11.6 Å². The van der Waals surface area contributed by atoms with E-state index < -0.39 is 5.82 Å². The van der Waals surface area contributed by atoms with Gasteiger partial charge in [-0.15, -0.1) is 0 Å². The first-order chi connectivity index (χ1) is 17.4. The number of aromatic nitrogens is 2. The lowest BCUT2D eigenvalue weighted by Crippen LogP contribution is -2.47. The molecule has 1 atom stereocenters. The first kappa shape index (κ1) is 25.7. The molecule has 0 saturated carbocycles. The first-order valence-electron chi connectivity index (χ1n) is 11.6. The molecule has 0 aliphatic carbocycles. The van der Waals surface area contributed by atoms with E-state index in [2.05, 4.69) is 20.6 Å². The summed E-state index contributed by atoms with van der Waals surface area (Å²) in [4.78, 5) is 22.9. The largest absolute Gasteiger partial charge is 0.493 e. The molecule has 192 valence electrons. The van der Waals surface area contributed by atoms with E-state index in [4.69, 9.17) is 25.8 Å². The molecule has 1 fully saturated rings. The summed E-state index contributed by atoms with van der Waals surface area (Å²) < 4.78 is 30.6. The number of methoxy groups -OCH3 is 2. The maximum atomic E-state index is 13.6. The summed E-state index contributed by atoms with van der Waals surface area (Å²) in [5, 5.41) is 6.77. The Morgan fingerprint density at radius 3 is 2.67 bits per heavy atom. The van der Waals surface area contributed by atoms with E-state index in [1.54, 1.807) is 31.3 Å². The molecule has 4 rings (SSSR count). The van der Waals surface area contributed by atoms with Crippen molar-refractivity contribution < 1.29 is 23.4 Å². The molecule has 36 heavy (non-hydrogen) atoms. The van der Waals surface area contributed by atoms with Gasteiger partial charge in [0.05, 0.1) is 23.8 Å². The minimum Gasteiger partial charge on any atom is -0.493 e. The Morgan fingerprint density at radius 2 is 1.97 bits per heavy atom. The quantitative estimate of drug-likeness (QED) is 0.444. The van der Waals surface area contributed by atoms with Crippen molar-refractivity contribution in [2.45, 2.75) is 32.0 Å². The Balaban J connectivity index is 1.47. The molecule has 0 spiro atoms. The van der Waals surface area contributed by atoms with Crippen LogP contribution in [-0.2, 0) is 4.74 Å². The predicted octanol–water partition coefficient (Wildman–Crippen LogP) is 4.76. The minimum absolute atomic E-state index is 0.0114. The van der Waals surface area contributed by atoms with E-state index in [0.717, 1.165) is 0 Å². The van der Waals surface area contributed by atoms with Gasteiger partial charge in [0.15, 0.2) is 11.5 Å². The van der Waals surface area contributed by atoms with Crippen molar-refractivity contribution in [3.8, 4) is 11.5 Å². The maximum Gasteiger partial charge on any atom is 0.317 e. The average molecular weight is 518 g/mol. The standard InChI is InChI=1S/C25H29ClFN5O4/c1-15(34-2)13-28-25(33)32-8-6-17(7-9-32)36-23-11-18-21(12-22(23)35-3)29-14-30-24(18)31-16-4-5-20(27)19(26)10-16/h4-5,10-12,14-15,17H,6-9,13H2,1-3H3,(H,28,33)(H,29,30,31). The summed E-state index contributed by atoms with van der Waals surface area (Å²) in [7, 11) is 3.19. The molecular weight excluding hydrogens is 489 g/mol. The highest BCUT2D eigenvalue weighted by molar-refractivity contribution is 6.31. The molecule has 1 saturated heterocycles. The Kier molecular flexibility index (Phi) is 8.27. The maximum absolute atomic E-state index is 13.6. The van der Waals surface area contributed by atoms with Crippen LogP contribution in [0.1, 0.15) is 19.8 Å². The van der Waals surface area contributed by atoms with Crippen LogP contribution in [0.4, 0.5) is 20.7 Å². The number of nitrogens with zero attached hydrogens (tertiary/aromatic N) is 3. The molecule has 1 aliphatic heterocycles. The van der Waals surface area contributed by atoms with Crippen LogP contribution in [0.15, 0.2) is 36.7 Å². The second-order valence-electron chi connectivity index (χ2n) is 8.53. The van der Waals surface area contributed by atoms with E-state index in [1.807, 2.05) is 13.0 Å². The molecule has 1 aromatic heterocycles. The lowest BCUT2D eigenvalue weighted by Gasteiger charge is -2.32. The number of carbonyl (C=O) groups is 1. The molecule has 1 aliphatic rings. The molecule has 0 radical (unpaired) electrons. The smallest absolute Gasteiger partial charge is 0.317 e. The number of benzene rings is 2. The molecule has 2 N–H and O–H groups in total. The number of urea groups is 1. The number of ether oxygens (including phenoxy) is 3. The second-order valence-corrected chi connectivity index (χ2v) is 8.94. The summed E-state index contributed by atoms with van der Waals surface area (Å²) in [5.41, 5.74) is 1.24. The fraction of sp³-hybridized carbons (Fsp3) is 0.400. The molecule has 0 bridgehead atoms. The van der Waals surface area contributed by atoms with Crippen molar-refractivity contribution in [3.63, 3.8) is 0 Å². The Bertz CT molecular complexity index is 1220. The van der Waals surface area contributed by atoms with Crippen LogP contribution in [0.3, 0.4) is 0 Å². The third-order valence-electron chi connectivity index (χ3n) is 6.07. The number of hydrogen-bond donors (Lipinski definition) is 2. The summed E-state index contributed by atoms with van der Waals surface area (Å²) >= 11 is 5.92. The fourth-order valence-electron chi connectivity index (χ4n) is 3.91. The SMILES string of the molecule is COc1cc2ncnc(Nc3ccc(F)c(Cl)c3)c2cc1OC1CCN(C(=O)NCC(C)OC)CC1. The number of likely N-dealkylation sites (tertiary alicyclic amines) is 1. The summed E-state index contributed by atoms with van der Waals surface area (Å²) in [6.07, 6.45) is 2.66. The van der Waals surface area contributed by atoms with Gasteiger partial charge in [0, 0.05) is 56.7 Å². The van der Waals surface area contributed by atoms with Gasteiger partial charge in [0.2, 0.25) is 0 Å². The minimum atomic E-state index is -0.497. The third kappa shape index (κ3) is 6.06. The Labute approximate surface area is 213 Å². The molecule has 11 heteroatoms. The molecular formula is C25H29ClFN5O4. The highest BCUT2D eigenvalue weighted by Gasteiger charge is 2.25. The van der Waals surface area contributed by atoms with E-state index >= 15 is 0 Å². The van der Waals surface area contributed by atoms with Crippen molar-refractivity contribution in [3.05, 3.63) is 47.5 Å². The number of hydrogen-bond acceptors (Lipinski definition) is 7. The van der Waals surface area contributed by atoms with Crippen molar-refractivity contribution in [2.75, 3.05) is 39.2 Å².